The Labute approximate surface area is 115 Å². The zero-order chi connectivity index (χ0) is 13.9. The summed E-state index contributed by atoms with van der Waals surface area (Å²) in [7, 11) is -3.67. The van der Waals surface area contributed by atoms with Gasteiger partial charge in [-0.2, -0.15) is 0 Å². The minimum absolute atomic E-state index is 0.0920. The molecule has 6 heteroatoms. The average molecular weight is 298 g/mol. The number of benzene rings is 1. The number of nitrogens with zero attached hydrogens (tertiary/aromatic N) is 1. The van der Waals surface area contributed by atoms with Gasteiger partial charge < -0.3 is 0 Å². The zero-order valence-electron chi connectivity index (χ0n) is 9.62. The molecule has 2 rings (SSSR count). The van der Waals surface area contributed by atoms with Crippen LogP contribution in [0.25, 0.3) is 6.08 Å². The van der Waals surface area contributed by atoms with E-state index in [-0.39, 0.29) is 4.90 Å². The fourth-order valence-corrected chi connectivity index (χ4v) is 2.53. The fraction of sp³-hybridized carbons (Fsp3) is 0. The highest BCUT2D eigenvalue weighted by molar-refractivity contribution is 7.94. The van der Waals surface area contributed by atoms with Gasteiger partial charge in [0.05, 0.1) is 4.90 Å². The lowest BCUT2D eigenvalue weighted by atomic mass is 10.3. The highest BCUT2D eigenvalue weighted by Gasteiger charge is 2.10. The first-order valence-electron chi connectivity index (χ1n) is 5.28. The van der Waals surface area contributed by atoms with Crippen molar-refractivity contribution in [2.45, 2.75) is 4.90 Å². The molecule has 0 unspecified atom stereocenters. The maximum absolute atomic E-state index is 13.0. The molecule has 0 saturated heterocycles. The minimum Gasteiger partial charge on any atom is -0.244 e. The van der Waals surface area contributed by atoms with E-state index in [2.05, 4.69) is 4.98 Å². The summed E-state index contributed by atoms with van der Waals surface area (Å²) in [5.74, 6) is -0.595. The molecule has 19 heavy (non-hydrogen) atoms. The van der Waals surface area contributed by atoms with Crippen molar-refractivity contribution >= 4 is 27.5 Å². The van der Waals surface area contributed by atoms with Crippen LogP contribution in [0.2, 0.25) is 5.15 Å². The van der Waals surface area contributed by atoms with Crippen LogP contribution in [0.4, 0.5) is 4.39 Å². The van der Waals surface area contributed by atoms with Crippen LogP contribution in [0.15, 0.2) is 52.9 Å². The molecule has 0 fully saturated rings. The van der Waals surface area contributed by atoms with Gasteiger partial charge in [0.1, 0.15) is 11.0 Å². The fourth-order valence-electron chi connectivity index (χ4n) is 1.38. The van der Waals surface area contributed by atoms with Gasteiger partial charge in [0, 0.05) is 11.6 Å². The van der Waals surface area contributed by atoms with Gasteiger partial charge in [0.2, 0.25) is 0 Å². The SMILES string of the molecule is O=S(=O)(/C=C/c1ccc(Cl)nc1)c1cccc(F)c1. The Morgan fingerprint density at radius 1 is 1.21 bits per heavy atom. The van der Waals surface area contributed by atoms with Crippen LogP contribution >= 0.6 is 11.6 Å². The molecule has 2 aromatic rings. The second-order valence-electron chi connectivity index (χ2n) is 3.72. The van der Waals surface area contributed by atoms with Gasteiger partial charge in [-0.25, -0.2) is 17.8 Å². The number of pyridine rings is 1. The monoisotopic (exact) mass is 297 g/mol. The van der Waals surface area contributed by atoms with E-state index < -0.39 is 15.7 Å². The molecular formula is C13H9ClFNO2S. The Bertz CT molecular complexity index is 712. The van der Waals surface area contributed by atoms with Crippen LogP contribution in [0.5, 0.6) is 0 Å². The van der Waals surface area contributed by atoms with Crippen LogP contribution in [-0.4, -0.2) is 13.4 Å². The molecule has 0 aliphatic heterocycles. The first-order chi connectivity index (χ1) is 8.97. The molecule has 3 nitrogen and oxygen atoms in total. The van der Waals surface area contributed by atoms with Crippen molar-refractivity contribution in [3.05, 3.63) is 64.5 Å². The Morgan fingerprint density at radius 3 is 2.63 bits per heavy atom. The number of hydrogen-bond acceptors (Lipinski definition) is 3. The summed E-state index contributed by atoms with van der Waals surface area (Å²) in [5, 5.41) is 1.33. The van der Waals surface area contributed by atoms with Gasteiger partial charge in [-0.3, -0.25) is 0 Å². The highest BCUT2D eigenvalue weighted by atomic mass is 35.5. The van der Waals surface area contributed by atoms with Crippen molar-refractivity contribution in [3.8, 4) is 0 Å². The predicted octanol–water partition coefficient (Wildman–Crippen LogP) is 3.32. The molecule has 0 spiro atoms. The van der Waals surface area contributed by atoms with E-state index in [0.29, 0.717) is 10.7 Å². The lowest BCUT2D eigenvalue weighted by molar-refractivity contribution is 0.598. The van der Waals surface area contributed by atoms with Crippen LogP contribution in [0.1, 0.15) is 5.56 Å². The van der Waals surface area contributed by atoms with E-state index in [9.17, 15) is 12.8 Å². The second kappa shape index (κ2) is 5.50. The zero-order valence-corrected chi connectivity index (χ0v) is 11.2. The smallest absolute Gasteiger partial charge is 0.199 e. The van der Waals surface area contributed by atoms with Crippen molar-refractivity contribution in [3.63, 3.8) is 0 Å². The lowest BCUT2D eigenvalue weighted by Gasteiger charge is -1.99. The van der Waals surface area contributed by atoms with Gasteiger partial charge in [0.15, 0.2) is 9.84 Å². The van der Waals surface area contributed by atoms with Gasteiger partial charge >= 0.3 is 0 Å². The van der Waals surface area contributed by atoms with Crippen molar-refractivity contribution < 1.29 is 12.8 Å². The van der Waals surface area contributed by atoms with Crippen molar-refractivity contribution in [1.29, 1.82) is 0 Å². The predicted molar refractivity (Wildman–Crippen MR) is 71.9 cm³/mol. The summed E-state index contributed by atoms with van der Waals surface area (Å²) < 4.78 is 36.8. The molecule has 0 saturated carbocycles. The van der Waals surface area contributed by atoms with E-state index in [1.54, 1.807) is 12.1 Å². The summed E-state index contributed by atoms with van der Waals surface area (Å²) in [6, 6.07) is 8.03. The van der Waals surface area contributed by atoms with Gasteiger partial charge in [-0.1, -0.05) is 23.7 Å². The van der Waals surface area contributed by atoms with Gasteiger partial charge in [0.25, 0.3) is 0 Å². The molecule has 1 aromatic carbocycles. The molecule has 1 heterocycles. The minimum atomic E-state index is -3.67. The molecule has 98 valence electrons. The van der Waals surface area contributed by atoms with Crippen LogP contribution in [-0.2, 0) is 9.84 Å². The molecule has 0 aliphatic carbocycles. The van der Waals surface area contributed by atoms with Crippen LogP contribution < -0.4 is 0 Å². The Hall–Kier alpha value is -1.72. The summed E-state index contributed by atoms with van der Waals surface area (Å²) in [6.07, 6.45) is 2.82. The Balaban J connectivity index is 2.29. The van der Waals surface area contributed by atoms with E-state index >= 15 is 0 Å². The number of hydrogen-bond donors (Lipinski definition) is 0. The van der Waals surface area contributed by atoms with Crippen molar-refractivity contribution in [1.82, 2.24) is 4.98 Å². The summed E-state index contributed by atoms with van der Waals surface area (Å²) in [6.45, 7) is 0. The maximum atomic E-state index is 13.0. The highest BCUT2D eigenvalue weighted by Crippen LogP contribution is 2.15. The maximum Gasteiger partial charge on any atom is 0.199 e. The standard InChI is InChI=1S/C13H9ClFNO2S/c14-13-5-4-10(9-16-13)6-7-19(17,18)12-3-1-2-11(15)8-12/h1-9H/b7-6+. The van der Waals surface area contributed by atoms with Crippen molar-refractivity contribution in [2.24, 2.45) is 0 Å². The third-order valence-electron chi connectivity index (χ3n) is 2.31. The summed E-state index contributed by atoms with van der Waals surface area (Å²) in [5.41, 5.74) is 0.587. The topological polar surface area (TPSA) is 47.0 Å². The lowest BCUT2D eigenvalue weighted by Crippen LogP contribution is -1.96. The molecular weight excluding hydrogens is 289 g/mol. The molecule has 0 bridgehead atoms. The quantitative estimate of drug-likeness (QED) is 0.817. The van der Waals surface area contributed by atoms with E-state index in [0.717, 1.165) is 11.5 Å². The van der Waals surface area contributed by atoms with Crippen LogP contribution in [0.3, 0.4) is 0 Å². The normalized spacial score (nSPS) is 11.9. The molecule has 0 radical (unpaired) electrons. The number of aromatic nitrogens is 1. The summed E-state index contributed by atoms with van der Waals surface area (Å²) in [4.78, 5) is 3.73. The van der Waals surface area contributed by atoms with E-state index in [1.807, 2.05) is 0 Å². The molecule has 1 aromatic heterocycles. The Morgan fingerprint density at radius 2 is 2.00 bits per heavy atom. The first kappa shape index (κ1) is 13.7. The molecule has 0 aliphatic rings. The van der Waals surface area contributed by atoms with Crippen molar-refractivity contribution in [2.75, 3.05) is 0 Å². The van der Waals surface area contributed by atoms with Gasteiger partial charge in [-0.05, 0) is 35.9 Å². The Kier molecular flexibility index (Phi) is 3.97. The molecule has 0 N–H and O–H groups in total. The van der Waals surface area contributed by atoms with E-state index in [1.165, 1.54) is 30.5 Å². The average Bonchev–Trinajstić information content (AvgIpc) is 2.38. The second-order valence-corrected chi connectivity index (χ2v) is 5.94. The van der Waals surface area contributed by atoms with Gasteiger partial charge in [-0.15, -0.1) is 0 Å². The first-order valence-corrected chi connectivity index (χ1v) is 7.20. The van der Waals surface area contributed by atoms with E-state index in [4.69, 9.17) is 11.6 Å². The number of sulfone groups is 1. The number of rotatable bonds is 3. The molecule has 0 amide bonds. The van der Waals surface area contributed by atoms with Crippen LogP contribution in [0, 0.1) is 5.82 Å². The number of halogens is 2. The molecule has 0 atom stereocenters. The third kappa shape index (κ3) is 3.62. The largest absolute Gasteiger partial charge is 0.244 e. The summed E-state index contributed by atoms with van der Waals surface area (Å²) >= 11 is 5.62. The third-order valence-corrected chi connectivity index (χ3v) is 3.94.